The summed E-state index contributed by atoms with van der Waals surface area (Å²) in [7, 11) is 0. The number of nitro groups is 1. The van der Waals surface area contributed by atoms with Gasteiger partial charge in [0.1, 0.15) is 0 Å². The molecule has 0 aliphatic heterocycles. The minimum absolute atomic E-state index is 0.212. The van der Waals surface area contributed by atoms with Crippen molar-refractivity contribution < 1.29 is 14.5 Å². The number of nitrogens with one attached hydrogen (secondary N) is 1. The number of aryl methyl sites for hydroxylation is 1. The van der Waals surface area contributed by atoms with Gasteiger partial charge in [-0.3, -0.25) is 9.59 Å². The number of hydrogen-bond acceptors (Lipinski definition) is 5. The average Bonchev–Trinajstić information content (AvgIpc) is 3.03. The van der Waals surface area contributed by atoms with E-state index in [-0.39, 0.29) is 18.3 Å². The van der Waals surface area contributed by atoms with E-state index >= 15 is 0 Å². The van der Waals surface area contributed by atoms with E-state index in [9.17, 15) is 19.7 Å². The highest BCUT2D eigenvalue weighted by atomic mass is 16.6. The van der Waals surface area contributed by atoms with Crippen molar-refractivity contribution in [1.29, 1.82) is 0 Å². The molecule has 0 fully saturated rings. The van der Waals surface area contributed by atoms with E-state index in [0.717, 1.165) is 0 Å². The molecule has 1 aromatic heterocycles. The third-order valence-corrected chi connectivity index (χ3v) is 4.16. The lowest BCUT2D eigenvalue weighted by atomic mass is 10.1. The summed E-state index contributed by atoms with van der Waals surface area (Å²) in [5, 5.41) is 17.6. The largest absolute Gasteiger partial charge is 0.390 e. The number of primary amides is 1. The molecule has 3 N–H and O–H groups in total. The van der Waals surface area contributed by atoms with Gasteiger partial charge in [-0.25, -0.2) is 0 Å². The van der Waals surface area contributed by atoms with Crippen LogP contribution in [0.2, 0.25) is 0 Å². The average molecular weight is 379 g/mol. The van der Waals surface area contributed by atoms with E-state index in [2.05, 4.69) is 10.4 Å². The second-order valence-electron chi connectivity index (χ2n) is 6.11. The van der Waals surface area contributed by atoms with E-state index in [1.807, 2.05) is 0 Å². The molecule has 2 aromatic carbocycles. The Kier molecular flexibility index (Phi) is 5.16. The molecule has 9 nitrogen and oxygen atoms in total. The Morgan fingerprint density at radius 2 is 1.86 bits per heavy atom. The van der Waals surface area contributed by atoms with Crippen molar-refractivity contribution in [1.82, 2.24) is 9.78 Å². The summed E-state index contributed by atoms with van der Waals surface area (Å²) < 4.78 is 1.48. The van der Waals surface area contributed by atoms with Gasteiger partial charge in [0.15, 0.2) is 0 Å². The molecule has 3 aromatic rings. The highest BCUT2D eigenvalue weighted by Crippen LogP contribution is 2.17. The van der Waals surface area contributed by atoms with Crippen LogP contribution in [0.1, 0.15) is 32.0 Å². The molecule has 0 radical (unpaired) electrons. The van der Waals surface area contributed by atoms with Crippen molar-refractivity contribution in [2.45, 2.75) is 13.5 Å². The predicted octanol–water partition coefficient (Wildman–Crippen LogP) is 2.50. The molecule has 0 bridgehead atoms. The van der Waals surface area contributed by atoms with Gasteiger partial charge in [0, 0.05) is 16.8 Å². The first-order valence-corrected chi connectivity index (χ1v) is 8.33. The Balaban J connectivity index is 1.82. The van der Waals surface area contributed by atoms with E-state index in [0.29, 0.717) is 28.1 Å². The first-order chi connectivity index (χ1) is 13.3. The fourth-order valence-electron chi connectivity index (χ4n) is 2.70. The Hall–Kier alpha value is -4.01. The maximum Gasteiger partial charge on any atom is 0.390 e. The molecule has 0 aliphatic carbocycles. The molecule has 9 heteroatoms. The van der Waals surface area contributed by atoms with Crippen molar-refractivity contribution in [2.75, 3.05) is 5.32 Å². The lowest BCUT2D eigenvalue weighted by Gasteiger charge is -2.10. The van der Waals surface area contributed by atoms with Gasteiger partial charge in [0.05, 0.1) is 23.4 Å². The van der Waals surface area contributed by atoms with Crippen LogP contribution >= 0.6 is 0 Å². The van der Waals surface area contributed by atoms with Gasteiger partial charge in [-0.05, 0) is 47.7 Å². The molecule has 0 unspecified atom stereocenters. The Bertz CT molecular complexity index is 1060. The van der Waals surface area contributed by atoms with Crippen LogP contribution in [0.5, 0.6) is 0 Å². The molecular formula is C19H17N5O4. The van der Waals surface area contributed by atoms with E-state index in [1.54, 1.807) is 43.3 Å². The van der Waals surface area contributed by atoms with Crippen LogP contribution in [0.4, 0.5) is 11.5 Å². The van der Waals surface area contributed by atoms with Crippen LogP contribution in [-0.2, 0) is 6.54 Å². The Morgan fingerprint density at radius 1 is 1.18 bits per heavy atom. The van der Waals surface area contributed by atoms with Crippen LogP contribution in [0.25, 0.3) is 0 Å². The number of anilines is 1. The fraction of sp³-hybridized carbons (Fsp3) is 0.105. The Labute approximate surface area is 159 Å². The summed E-state index contributed by atoms with van der Waals surface area (Å²) in [6, 6.07) is 14.5. The summed E-state index contributed by atoms with van der Waals surface area (Å²) in [6.07, 6.45) is 0. The first kappa shape index (κ1) is 18.8. The maximum atomic E-state index is 12.7. The lowest BCUT2D eigenvalue weighted by molar-refractivity contribution is -0.389. The zero-order valence-corrected chi connectivity index (χ0v) is 15.0. The zero-order chi connectivity index (χ0) is 20.3. The lowest BCUT2D eigenvalue weighted by Crippen LogP contribution is -2.16. The SMILES string of the molecule is Cc1cc([N+](=O)[O-])nn1Cc1ccccc1C(=O)Nc1ccc(C(N)=O)cc1. The summed E-state index contributed by atoms with van der Waals surface area (Å²) in [5.74, 6) is -1.14. The molecule has 0 saturated carbocycles. The van der Waals surface area contributed by atoms with Crippen molar-refractivity contribution in [3.8, 4) is 0 Å². The van der Waals surface area contributed by atoms with Crippen molar-refractivity contribution >= 4 is 23.3 Å². The normalized spacial score (nSPS) is 10.5. The number of benzene rings is 2. The minimum Gasteiger partial charge on any atom is -0.366 e. The highest BCUT2D eigenvalue weighted by Gasteiger charge is 2.18. The van der Waals surface area contributed by atoms with E-state index in [1.165, 1.54) is 22.9 Å². The predicted molar refractivity (Wildman–Crippen MR) is 102 cm³/mol. The van der Waals surface area contributed by atoms with Crippen LogP contribution in [-0.4, -0.2) is 26.5 Å². The van der Waals surface area contributed by atoms with Gasteiger partial charge >= 0.3 is 5.82 Å². The molecule has 0 spiro atoms. The summed E-state index contributed by atoms with van der Waals surface area (Å²) >= 11 is 0. The highest BCUT2D eigenvalue weighted by molar-refractivity contribution is 6.05. The number of carbonyl (C=O) groups excluding carboxylic acids is 2. The molecule has 142 valence electrons. The molecule has 1 heterocycles. The summed E-state index contributed by atoms with van der Waals surface area (Å²) in [5.41, 5.74) is 7.75. The molecule has 0 saturated heterocycles. The topological polar surface area (TPSA) is 133 Å². The molecule has 0 aliphatic rings. The van der Waals surface area contributed by atoms with Gasteiger partial charge in [-0.1, -0.05) is 18.2 Å². The number of amides is 2. The summed E-state index contributed by atoms with van der Waals surface area (Å²) in [6.45, 7) is 1.92. The number of nitrogens with two attached hydrogens (primary N) is 1. The monoisotopic (exact) mass is 379 g/mol. The van der Waals surface area contributed by atoms with Crippen molar-refractivity contribution in [2.24, 2.45) is 5.73 Å². The van der Waals surface area contributed by atoms with Gasteiger partial charge in [-0.2, -0.15) is 4.68 Å². The van der Waals surface area contributed by atoms with Crippen molar-refractivity contribution in [3.63, 3.8) is 0 Å². The van der Waals surface area contributed by atoms with Crippen LogP contribution < -0.4 is 11.1 Å². The third kappa shape index (κ3) is 4.04. The standard InChI is InChI=1S/C19H17N5O4/c1-12-10-17(24(27)28)22-23(12)11-14-4-2-3-5-16(14)19(26)21-15-8-6-13(7-9-15)18(20)25/h2-10H,11H2,1H3,(H2,20,25)(H,21,26). The quantitative estimate of drug-likeness (QED) is 0.501. The van der Waals surface area contributed by atoms with E-state index in [4.69, 9.17) is 5.73 Å². The smallest absolute Gasteiger partial charge is 0.366 e. The van der Waals surface area contributed by atoms with Crippen LogP contribution in [0, 0.1) is 17.0 Å². The summed E-state index contributed by atoms with van der Waals surface area (Å²) in [4.78, 5) is 34.2. The zero-order valence-electron chi connectivity index (χ0n) is 15.0. The van der Waals surface area contributed by atoms with Gasteiger partial charge in [-0.15, -0.1) is 0 Å². The van der Waals surface area contributed by atoms with Crippen LogP contribution in [0.15, 0.2) is 54.6 Å². The molecule has 3 rings (SSSR count). The van der Waals surface area contributed by atoms with Gasteiger partial charge < -0.3 is 21.2 Å². The molecular weight excluding hydrogens is 362 g/mol. The van der Waals surface area contributed by atoms with Gasteiger partial charge in [0.2, 0.25) is 5.91 Å². The molecule has 2 amide bonds. The third-order valence-electron chi connectivity index (χ3n) is 4.16. The first-order valence-electron chi connectivity index (χ1n) is 8.33. The van der Waals surface area contributed by atoms with Crippen LogP contribution in [0.3, 0.4) is 0 Å². The number of rotatable bonds is 6. The number of aromatic nitrogens is 2. The second kappa shape index (κ2) is 7.70. The number of nitrogens with zero attached hydrogens (tertiary/aromatic N) is 3. The maximum absolute atomic E-state index is 12.7. The number of carbonyl (C=O) groups is 2. The minimum atomic E-state index is -0.558. The molecule has 0 atom stereocenters. The van der Waals surface area contributed by atoms with Gasteiger partial charge in [0.25, 0.3) is 5.91 Å². The van der Waals surface area contributed by atoms with Crippen molar-refractivity contribution in [3.05, 3.63) is 87.1 Å². The van der Waals surface area contributed by atoms with E-state index < -0.39 is 10.8 Å². The fourth-order valence-corrected chi connectivity index (χ4v) is 2.70. The number of hydrogen-bond donors (Lipinski definition) is 2. The Morgan fingerprint density at radius 3 is 2.46 bits per heavy atom. The molecule has 28 heavy (non-hydrogen) atoms. The second-order valence-corrected chi connectivity index (χ2v) is 6.11.